The molecule has 0 unspecified atom stereocenters. The first kappa shape index (κ1) is 5.69. The van der Waals surface area contributed by atoms with E-state index >= 15 is 0 Å². The smallest absolute Gasteiger partial charge is 0.0837 e. The lowest BCUT2D eigenvalue weighted by Gasteiger charge is -2.25. The van der Waals surface area contributed by atoms with Crippen molar-refractivity contribution < 1.29 is 9.47 Å². The van der Waals surface area contributed by atoms with Crippen molar-refractivity contribution in [2.24, 2.45) is 0 Å². The van der Waals surface area contributed by atoms with Gasteiger partial charge in [0.15, 0.2) is 0 Å². The highest BCUT2D eigenvalue weighted by Gasteiger charge is 2.31. The van der Waals surface area contributed by atoms with Crippen LogP contribution in [0.25, 0.3) is 0 Å². The molecule has 0 spiro atoms. The first-order chi connectivity index (χ1) is 4.47. The second kappa shape index (κ2) is 2.27. The van der Waals surface area contributed by atoms with Crippen LogP contribution in [-0.2, 0) is 9.47 Å². The molecule has 1 heterocycles. The Hall–Kier alpha value is -0.0800. The molecule has 2 aliphatic rings. The van der Waals surface area contributed by atoms with Crippen molar-refractivity contribution in [1.82, 2.24) is 0 Å². The van der Waals surface area contributed by atoms with Gasteiger partial charge in [0.25, 0.3) is 0 Å². The molecule has 2 heteroatoms. The van der Waals surface area contributed by atoms with Gasteiger partial charge >= 0.3 is 0 Å². The van der Waals surface area contributed by atoms with E-state index in [1.165, 1.54) is 19.3 Å². The minimum Gasteiger partial charge on any atom is -0.373 e. The maximum atomic E-state index is 5.48. The largest absolute Gasteiger partial charge is 0.373 e. The average Bonchev–Trinajstić information content (AvgIpc) is 2.33. The van der Waals surface area contributed by atoms with Crippen molar-refractivity contribution in [2.45, 2.75) is 31.5 Å². The number of hydrogen-bond acceptors (Lipinski definition) is 2. The molecule has 1 aliphatic carbocycles. The molecule has 1 saturated carbocycles. The van der Waals surface area contributed by atoms with Crippen molar-refractivity contribution >= 4 is 0 Å². The zero-order chi connectivity index (χ0) is 6.10. The molecule has 0 N–H and O–H groups in total. The molecule has 0 amide bonds. The van der Waals surface area contributed by atoms with Crippen LogP contribution in [0.1, 0.15) is 19.3 Å². The lowest BCUT2D eigenvalue weighted by Crippen LogP contribution is -2.33. The number of hydrogen-bond donors (Lipinski definition) is 0. The van der Waals surface area contributed by atoms with Gasteiger partial charge in [0.05, 0.1) is 25.4 Å². The van der Waals surface area contributed by atoms with E-state index in [1.54, 1.807) is 0 Å². The van der Waals surface area contributed by atoms with E-state index in [-0.39, 0.29) is 0 Å². The Balaban J connectivity index is 1.97. The fourth-order valence-corrected chi connectivity index (χ4v) is 1.67. The fraction of sp³-hybridized carbons (Fsp3) is 1.00. The van der Waals surface area contributed by atoms with Gasteiger partial charge in [0.2, 0.25) is 0 Å². The maximum Gasteiger partial charge on any atom is 0.0837 e. The summed E-state index contributed by atoms with van der Waals surface area (Å²) < 4.78 is 11.0. The zero-order valence-electron chi connectivity index (χ0n) is 5.51. The second-order valence-corrected chi connectivity index (χ2v) is 2.75. The van der Waals surface area contributed by atoms with Crippen LogP contribution in [0.2, 0.25) is 0 Å². The molecule has 0 aromatic heterocycles. The number of rotatable bonds is 0. The Kier molecular flexibility index (Phi) is 1.44. The van der Waals surface area contributed by atoms with Crippen molar-refractivity contribution in [1.29, 1.82) is 0 Å². The third kappa shape index (κ3) is 0.970. The van der Waals surface area contributed by atoms with Crippen LogP contribution in [0.15, 0.2) is 0 Å². The summed E-state index contributed by atoms with van der Waals surface area (Å²) in [5.41, 5.74) is 0. The molecule has 9 heavy (non-hydrogen) atoms. The summed E-state index contributed by atoms with van der Waals surface area (Å²) in [6, 6.07) is 0. The van der Waals surface area contributed by atoms with E-state index in [4.69, 9.17) is 9.47 Å². The van der Waals surface area contributed by atoms with Gasteiger partial charge in [-0.15, -0.1) is 0 Å². The highest BCUT2D eigenvalue weighted by Crippen LogP contribution is 2.26. The molecule has 2 fully saturated rings. The zero-order valence-corrected chi connectivity index (χ0v) is 5.51. The summed E-state index contributed by atoms with van der Waals surface area (Å²) in [6.45, 7) is 1.61. The predicted octanol–water partition coefficient (Wildman–Crippen LogP) is 0.954. The Labute approximate surface area is 55.1 Å². The Morgan fingerprint density at radius 3 is 2.00 bits per heavy atom. The summed E-state index contributed by atoms with van der Waals surface area (Å²) in [7, 11) is 0. The van der Waals surface area contributed by atoms with E-state index in [9.17, 15) is 0 Å². The second-order valence-electron chi connectivity index (χ2n) is 2.75. The summed E-state index contributed by atoms with van der Waals surface area (Å²) in [5, 5.41) is 0. The first-order valence-electron chi connectivity index (χ1n) is 3.70. The van der Waals surface area contributed by atoms with Crippen molar-refractivity contribution in [3.8, 4) is 0 Å². The molecule has 0 radical (unpaired) electrons. The van der Waals surface area contributed by atoms with E-state index in [0.717, 1.165) is 13.2 Å². The highest BCUT2D eigenvalue weighted by molar-refractivity contribution is 4.80. The molecule has 0 aromatic carbocycles. The summed E-state index contributed by atoms with van der Waals surface area (Å²) in [4.78, 5) is 0. The van der Waals surface area contributed by atoms with E-state index < -0.39 is 0 Å². The summed E-state index contributed by atoms with van der Waals surface area (Å²) in [5.74, 6) is 0. The molecule has 0 aromatic rings. The molecular formula is C7H12O2. The number of fused-ring (bicyclic) bond motifs is 1. The van der Waals surface area contributed by atoms with Crippen LogP contribution in [-0.4, -0.2) is 25.4 Å². The van der Waals surface area contributed by atoms with Gasteiger partial charge in [-0.2, -0.15) is 0 Å². The highest BCUT2D eigenvalue weighted by atomic mass is 16.6. The van der Waals surface area contributed by atoms with Gasteiger partial charge in [-0.3, -0.25) is 0 Å². The molecule has 1 aliphatic heterocycles. The Bertz CT molecular complexity index is 91.1. The lowest BCUT2D eigenvalue weighted by molar-refractivity contribution is -0.124. The van der Waals surface area contributed by atoms with Gasteiger partial charge in [0, 0.05) is 0 Å². The average molecular weight is 128 g/mol. The molecule has 2 atom stereocenters. The van der Waals surface area contributed by atoms with E-state index in [2.05, 4.69) is 0 Å². The van der Waals surface area contributed by atoms with Gasteiger partial charge in [-0.05, 0) is 19.3 Å². The minimum atomic E-state index is 0.443. The normalized spacial score (nSPS) is 42.7. The van der Waals surface area contributed by atoms with Gasteiger partial charge < -0.3 is 9.47 Å². The molecule has 0 bridgehead atoms. The van der Waals surface area contributed by atoms with Crippen LogP contribution < -0.4 is 0 Å². The lowest BCUT2D eigenvalue weighted by atomic mass is 10.2. The van der Waals surface area contributed by atoms with E-state index in [1.807, 2.05) is 0 Å². The maximum absolute atomic E-state index is 5.48. The third-order valence-electron chi connectivity index (χ3n) is 2.14. The van der Waals surface area contributed by atoms with Crippen LogP contribution in [0, 0.1) is 0 Å². The summed E-state index contributed by atoms with van der Waals surface area (Å²) in [6.07, 6.45) is 4.60. The van der Waals surface area contributed by atoms with Crippen molar-refractivity contribution in [2.75, 3.05) is 13.2 Å². The van der Waals surface area contributed by atoms with Crippen LogP contribution in [0.3, 0.4) is 0 Å². The Morgan fingerprint density at radius 1 is 0.889 bits per heavy atom. The standard InChI is InChI=1S/C7H12O2/c1-2-6-7(3-1)9-5-4-8-6/h6-7H,1-5H2/t6-,7+. The monoisotopic (exact) mass is 128 g/mol. The van der Waals surface area contributed by atoms with E-state index in [0.29, 0.717) is 12.2 Å². The molecule has 52 valence electrons. The van der Waals surface area contributed by atoms with Gasteiger partial charge in [-0.1, -0.05) is 0 Å². The van der Waals surface area contributed by atoms with Crippen LogP contribution in [0.5, 0.6) is 0 Å². The van der Waals surface area contributed by atoms with Crippen molar-refractivity contribution in [3.63, 3.8) is 0 Å². The Morgan fingerprint density at radius 2 is 1.44 bits per heavy atom. The first-order valence-corrected chi connectivity index (χ1v) is 3.70. The molecule has 1 saturated heterocycles. The predicted molar refractivity (Wildman–Crippen MR) is 33.3 cm³/mol. The molecule has 2 rings (SSSR count). The van der Waals surface area contributed by atoms with Crippen molar-refractivity contribution in [3.05, 3.63) is 0 Å². The third-order valence-corrected chi connectivity index (χ3v) is 2.14. The molecule has 2 nitrogen and oxygen atoms in total. The topological polar surface area (TPSA) is 18.5 Å². The number of ether oxygens (including phenoxy) is 2. The summed E-state index contributed by atoms with van der Waals surface area (Å²) >= 11 is 0. The SMILES string of the molecule is C1C[C@@H]2OCCO[C@@H]2C1. The van der Waals surface area contributed by atoms with Crippen LogP contribution in [0.4, 0.5) is 0 Å². The van der Waals surface area contributed by atoms with Gasteiger partial charge in [0.1, 0.15) is 0 Å². The quantitative estimate of drug-likeness (QED) is 0.483. The fourth-order valence-electron chi connectivity index (χ4n) is 1.67. The minimum absolute atomic E-state index is 0.443. The molecular weight excluding hydrogens is 116 g/mol. The van der Waals surface area contributed by atoms with Gasteiger partial charge in [-0.25, -0.2) is 0 Å². The van der Waals surface area contributed by atoms with Crippen LogP contribution >= 0.6 is 0 Å².